The molecule has 3 nitrogen and oxygen atoms in total. The summed E-state index contributed by atoms with van der Waals surface area (Å²) in [5, 5.41) is 3.40. The molecule has 2 heterocycles. The van der Waals surface area contributed by atoms with Crippen molar-refractivity contribution in [3.05, 3.63) is 35.4 Å². The van der Waals surface area contributed by atoms with Crippen molar-refractivity contribution in [2.75, 3.05) is 32.9 Å². The van der Waals surface area contributed by atoms with Crippen molar-refractivity contribution in [3.63, 3.8) is 0 Å². The van der Waals surface area contributed by atoms with Gasteiger partial charge in [-0.1, -0.05) is 29.8 Å². The van der Waals surface area contributed by atoms with Gasteiger partial charge in [0, 0.05) is 18.5 Å². The Labute approximate surface area is 108 Å². The van der Waals surface area contributed by atoms with Gasteiger partial charge in [-0.25, -0.2) is 0 Å². The zero-order chi connectivity index (χ0) is 12.4. The van der Waals surface area contributed by atoms with E-state index in [2.05, 4.69) is 36.5 Å². The van der Waals surface area contributed by atoms with Crippen LogP contribution in [0.15, 0.2) is 24.3 Å². The molecule has 0 amide bonds. The Hall–Kier alpha value is -0.900. The summed E-state index contributed by atoms with van der Waals surface area (Å²) in [6, 6.07) is 8.87. The second-order valence-corrected chi connectivity index (χ2v) is 5.54. The van der Waals surface area contributed by atoms with Gasteiger partial charge in [0.15, 0.2) is 0 Å². The molecule has 0 aliphatic carbocycles. The molecule has 1 atom stereocenters. The zero-order valence-electron chi connectivity index (χ0n) is 10.9. The highest BCUT2D eigenvalue weighted by atomic mass is 16.5. The van der Waals surface area contributed by atoms with Crippen LogP contribution >= 0.6 is 0 Å². The summed E-state index contributed by atoms with van der Waals surface area (Å²) in [5.41, 5.74) is 2.88. The van der Waals surface area contributed by atoms with Crippen molar-refractivity contribution >= 4 is 0 Å². The number of hydrogen-bond acceptors (Lipinski definition) is 3. The lowest BCUT2D eigenvalue weighted by Gasteiger charge is -2.44. The van der Waals surface area contributed by atoms with E-state index in [0.717, 1.165) is 39.3 Å². The molecule has 0 radical (unpaired) electrons. The van der Waals surface area contributed by atoms with Crippen LogP contribution in [0.2, 0.25) is 0 Å². The number of nitrogens with one attached hydrogen (secondary N) is 1. The second kappa shape index (κ2) is 5.00. The van der Waals surface area contributed by atoms with Crippen molar-refractivity contribution in [1.82, 2.24) is 5.32 Å². The van der Waals surface area contributed by atoms with Crippen LogP contribution in [0.5, 0.6) is 0 Å². The number of aryl methyl sites for hydroxylation is 1. The Bertz CT molecular complexity index is 391. The van der Waals surface area contributed by atoms with Crippen LogP contribution in [0.1, 0.15) is 17.5 Å². The quantitative estimate of drug-likeness (QED) is 0.881. The minimum Gasteiger partial charge on any atom is -0.379 e. The molecule has 98 valence electrons. The van der Waals surface area contributed by atoms with Gasteiger partial charge in [0.1, 0.15) is 0 Å². The van der Waals surface area contributed by atoms with Gasteiger partial charge in [-0.2, -0.15) is 0 Å². The molecule has 18 heavy (non-hydrogen) atoms. The number of rotatable bonds is 3. The second-order valence-electron chi connectivity index (χ2n) is 5.54. The van der Waals surface area contributed by atoms with E-state index in [9.17, 15) is 0 Å². The van der Waals surface area contributed by atoms with Gasteiger partial charge >= 0.3 is 0 Å². The molecule has 2 aliphatic rings. The molecule has 1 unspecified atom stereocenters. The molecule has 3 heteroatoms. The number of ether oxygens (including phenoxy) is 2. The SMILES string of the molecule is Cc1ccc(C2(CC3CNCCO3)COC2)cc1. The average Bonchev–Trinajstić information content (AvgIpc) is 2.36. The molecule has 0 aromatic heterocycles. The van der Waals surface area contributed by atoms with E-state index in [-0.39, 0.29) is 5.41 Å². The van der Waals surface area contributed by atoms with E-state index in [1.807, 2.05) is 0 Å². The fraction of sp³-hybridized carbons (Fsp3) is 0.600. The molecule has 0 spiro atoms. The topological polar surface area (TPSA) is 30.5 Å². The largest absolute Gasteiger partial charge is 0.379 e. The molecule has 3 rings (SSSR count). The first-order chi connectivity index (χ1) is 8.78. The third-order valence-corrected chi connectivity index (χ3v) is 4.04. The van der Waals surface area contributed by atoms with E-state index in [1.165, 1.54) is 11.1 Å². The van der Waals surface area contributed by atoms with Crippen molar-refractivity contribution in [2.45, 2.75) is 24.9 Å². The average molecular weight is 247 g/mol. The summed E-state index contributed by atoms with van der Waals surface area (Å²) in [5.74, 6) is 0. The van der Waals surface area contributed by atoms with Crippen molar-refractivity contribution in [1.29, 1.82) is 0 Å². The van der Waals surface area contributed by atoms with Gasteiger partial charge in [0.2, 0.25) is 0 Å². The normalized spacial score (nSPS) is 26.6. The lowest BCUT2D eigenvalue weighted by molar-refractivity contribution is -0.0942. The first kappa shape index (κ1) is 12.2. The molecule has 1 aromatic carbocycles. The lowest BCUT2D eigenvalue weighted by Crippen LogP contribution is -2.52. The van der Waals surface area contributed by atoms with E-state index in [4.69, 9.17) is 9.47 Å². The van der Waals surface area contributed by atoms with E-state index >= 15 is 0 Å². The number of hydrogen-bond donors (Lipinski definition) is 1. The maximum atomic E-state index is 5.84. The highest BCUT2D eigenvalue weighted by Crippen LogP contribution is 2.37. The Morgan fingerprint density at radius 2 is 2.06 bits per heavy atom. The first-order valence-electron chi connectivity index (χ1n) is 6.76. The van der Waals surface area contributed by atoms with Gasteiger partial charge in [-0.3, -0.25) is 0 Å². The summed E-state index contributed by atoms with van der Waals surface area (Å²) in [6.07, 6.45) is 1.38. The molecular formula is C15H21NO2. The summed E-state index contributed by atoms with van der Waals surface area (Å²) >= 11 is 0. The van der Waals surface area contributed by atoms with Crippen LogP contribution in [0.4, 0.5) is 0 Å². The van der Waals surface area contributed by atoms with Gasteiger partial charge in [0.25, 0.3) is 0 Å². The highest BCUT2D eigenvalue weighted by molar-refractivity contribution is 5.31. The van der Waals surface area contributed by atoms with Crippen LogP contribution in [-0.4, -0.2) is 39.0 Å². The van der Waals surface area contributed by atoms with Crippen LogP contribution in [-0.2, 0) is 14.9 Å². The zero-order valence-corrected chi connectivity index (χ0v) is 10.9. The summed E-state index contributed by atoms with van der Waals surface area (Å²) < 4.78 is 11.3. The predicted molar refractivity (Wildman–Crippen MR) is 70.9 cm³/mol. The number of morpholine rings is 1. The maximum Gasteiger partial charge on any atom is 0.0710 e. The van der Waals surface area contributed by atoms with E-state index in [0.29, 0.717) is 6.10 Å². The minimum atomic E-state index is 0.178. The van der Waals surface area contributed by atoms with Crippen LogP contribution < -0.4 is 5.32 Å². The summed E-state index contributed by atoms with van der Waals surface area (Å²) in [4.78, 5) is 0. The first-order valence-corrected chi connectivity index (χ1v) is 6.76. The highest BCUT2D eigenvalue weighted by Gasteiger charge is 2.42. The summed E-state index contributed by atoms with van der Waals surface area (Å²) in [6.45, 7) is 6.56. The van der Waals surface area contributed by atoms with Crippen molar-refractivity contribution in [3.8, 4) is 0 Å². The standard InChI is InChI=1S/C15H21NO2/c1-12-2-4-13(5-3-12)15(10-17-11-15)8-14-9-16-6-7-18-14/h2-5,14,16H,6-11H2,1H3. The van der Waals surface area contributed by atoms with Crippen LogP contribution in [0, 0.1) is 6.92 Å². The van der Waals surface area contributed by atoms with Crippen LogP contribution in [0.25, 0.3) is 0 Å². The summed E-state index contributed by atoms with van der Waals surface area (Å²) in [7, 11) is 0. The Morgan fingerprint density at radius 1 is 1.28 bits per heavy atom. The number of benzene rings is 1. The molecule has 1 N–H and O–H groups in total. The van der Waals surface area contributed by atoms with E-state index < -0.39 is 0 Å². The van der Waals surface area contributed by atoms with E-state index in [1.54, 1.807) is 0 Å². The Morgan fingerprint density at radius 3 is 2.61 bits per heavy atom. The van der Waals surface area contributed by atoms with Crippen molar-refractivity contribution in [2.24, 2.45) is 0 Å². The molecule has 2 saturated heterocycles. The third kappa shape index (κ3) is 2.30. The Kier molecular flexibility index (Phi) is 3.37. The predicted octanol–water partition coefficient (Wildman–Crippen LogP) is 1.64. The van der Waals surface area contributed by atoms with Crippen molar-refractivity contribution < 1.29 is 9.47 Å². The molecule has 2 aliphatic heterocycles. The van der Waals surface area contributed by atoms with Gasteiger partial charge in [-0.15, -0.1) is 0 Å². The van der Waals surface area contributed by atoms with Gasteiger partial charge in [-0.05, 0) is 18.9 Å². The molecule has 1 aromatic rings. The van der Waals surface area contributed by atoms with Crippen LogP contribution in [0.3, 0.4) is 0 Å². The fourth-order valence-corrected chi connectivity index (χ4v) is 2.84. The minimum absolute atomic E-state index is 0.178. The molecular weight excluding hydrogens is 226 g/mol. The fourth-order valence-electron chi connectivity index (χ4n) is 2.84. The Balaban J connectivity index is 1.74. The molecule has 2 fully saturated rings. The maximum absolute atomic E-state index is 5.84. The monoisotopic (exact) mass is 247 g/mol. The van der Waals surface area contributed by atoms with Gasteiger partial charge < -0.3 is 14.8 Å². The lowest BCUT2D eigenvalue weighted by atomic mass is 9.74. The molecule has 0 saturated carbocycles. The molecule has 0 bridgehead atoms. The third-order valence-electron chi connectivity index (χ3n) is 4.04. The smallest absolute Gasteiger partial charge is 0.0710 e. The van der Waals surface area contributed by atoms with Gasteiger partial charge in [0.05, 0.1) is 25.9 Å².